The molecule has 0 amide bonds. The number of methoxy groups -OCH3 is 2. The van der Waals surface area contributed by atoms with Crippen LogP contribution < -0.4 is 10.5 Å². The second-order valence-corrected chi connectivity index (χ2v) is 3.14. The Labute approximate surface area is 90.5 Å². The quantitative estimate of drug-likeness (QED) is 0.801. The molecule has 1 rings (SSSR count). The highest BCUT2D eigenvalue weighted by Gasteiger charge is 2.01. The standard InChI is InChI=1S/C12H17NO2/c1-14-9-11-5-6-12(15-2)8-10(11)4-3-7-13/h3-6,8H,7,9,13H2,1-2H3/b4-3+. The average molecular weight is 207 g/mol. The zero-order chi connectivity index (χ0) is 11.1. The summed E-state index contributed by atoms with van der Waals surface area (Å²) >= 11 is 0. The monoisotopic (exact) mass is 207 g/mol. The van der Waals surface area contributed by atoms with Gasteiger partial charge in [0.2, 0.25) is 0 Å². The van der Waals surface area contributed by atoms with Gasteiger partial charge in [-0.3, -0.25) is 0 Å². The van der Waals surface area contributed by atoms with Gasteiger partial charge in [0, 0.05) is 13.7 Å². The van der Waals surface area contributed by atoms with Gasteiger partial charge in [0.25, 0.3) is 0 Å². The summed E-state index contributed by atoms with van der Waals surface area (Å²) in [5.74, 6) is 0.839. The number of benzene rings is 1. The molecule has 0 spiro atoms. The van der Waals surface area contributed by atoms with Gasteiger partial charge in [-0.2, -0.15) is 0 Å². The molecule has 0 bridgehead atoms. The van der Waals surface area contributed by atoms with Crippen molar-refractivity contribution < 1.29 is 9.47 Å². The van der Waals surface area contributed by atoms with Gasteiger partial charge in [-0.25, -0.2) is 0 Å². The molecular formula is C12H17NO2. The van der Waals surface area contributed by atoms with E-state index in [0.717, 1.165) is 16.9 Å². The molecule has 1 aromatic carbocycles. The second kappa shape index (κ2) is 6.22. The van der Waals surface area contributed by atoms with Crippen molar-refractivity contribution in [3.8, 4) is 5.75 Å². The lowest BCUT2D eigenvalue weighted by molar-refractivity contribution is 0.184. The Morgan fingerprint density at radius 3 is 2.73 bits per heavy atom. The van der Waals surface area contributed by atoms with Crippen LogP contribution in [0.3, 0.4) is 0 Å². The SMILES string of the molecule is COCc1ccc(OC)cc1/C=C/CN. The van der Waals surface area contributed by atoms with Gasteiger partial charge in [-0.1, -0.05) is 18.2 Å². The molecule has 0 aliphatic rings. The maximum absolute atomic E-state index is 5.42. The van der Waals surface area contributed by atoms with Crippen molar-refractivity contribution in [2.75, 3.05) is 20.8 Å². The van der Waals surface area contributed by atoms with Crippen LogP contribution in [-0.2, 0) is 11.3 Å². The topological polar surface area (TPSA) is 44.5 Å². The minimum atomic E-state index is 0.531. The highest BCUT2D eigenvalue weighted by Crippen LogP contribution is 2.19. The molecule has 0 fully saturated rings. The van der Waals surface area contributed by atoms with Crippen LogP contribution in [0.25, 0.3) is 6.08 Å². The van der Waals surface area contributed by atoms with Gasteiger partial charge in [0.15, 0.2) is 0 Å². The molecule has 3 heteroatoms. The second-order valence-electron chi connectivity index (χ2n) is 3.14. The maximum atomic E-state index is 5.42. The Kier molecular flexibility index (Phi) is 4.87. The highest BCUT2D eigenvalue weighted by molar-refractivity contribution is 5.56. The number of rotatable bonds is 5. The van der Waals surface area contributed by atoms with E-state index in [0.29, 0.717) is 13.2 Å². The number of ether oxygens (including phenoxy) is 2. The fourth-order valence-electron chi connectivity index (χ4n) is 1.34. The van der Waals surface area contributed by atoms with Crippen LogP contribution in [0.4, 0.5) is 0 Å². The Bertz CT molecular complexity index is 334. The summed E-state index contributed by atoms with van der Waals surface area (Å²) in [7, 11) is 3.34. The summed E-state index contributed by atoms with van der Waals surface area (Å²) in [6, 6.07) is 5.90. The normalized spacial score (nSPS) is 10.9. The Balaban J connectivity index is 2.99. The molecule has 0 heterocycles. The van der Waals surface area contributed by atoms with E-state index in [1.165, 1.54) is 0 Å². The van der Waals surface area contributed by atoms with Crippen molar-refractivity contribution in [2.24, 2.45) is 5.73 Å². The third-order valence-electron chi connectivity index (χ3n) is 2.09. The molecule has 82 valence electrons. The first-order valence-electron chi connectivity index (χ1n) is 4.84. The Morgan fingerprint density at radius 1 is 1.33 bits per heavy atom. The summed E-state index contributed by atoms with van der Waals surface area (Å²) in [5.41, 5.74) is 7.63. The molecule has 0 radical (unpaired) electrons. The molecular weight excluding hydrogens is 190 g/mol. The van der Waals surface area contributed by atoms with Crippen LogP contribution in [0.2, 0.25) is 0 Å². The van der Waals surface area contributed by atoms with Gasteiger partial charge in [0.1, 0.15) is 5.75 Å². The largest absolute Gasteiger partial charge is 0.497 e. The molecule has 15 heavy (non-hydrogen) atoms. The van der Waals surface area contributed by atoms with E-state index in [4.69, 9.17) is 15.2 Å². The van der Waals surface area contributed by atoms with Crippen molar-refractivity contribution in [3.05, 3.63) is 35.4 Å². The molecule has 1 aromatic rings. The molecule has 3 nitrogen and oxygen atoms in total. The zero-order valence-electron chi connectivity index (χ0n) is 9.19. The third-order valence-corrected chi connectivity index (χ3v) is 2.09. The first kappa shape index (κ1) is 11.8. The lowest BCUT2D eigenvalue weighted by Crippen LogP contribution is -1.95. The van der Waals surface area contributed by atoms with Crippen LogP contribution in [0.1, 0.15) is 11.1 Å². The smallest absolute Gasteiger partial charge is 0.119 e. The van der Waals surface area contributed by atoms with E-state index >= 15 is 0 Å². The van der Waals surface area contributed by atoms with Crippen molar-refractivity contribution in [3.63, 3.8) is 0 Å². The Hall–Kier alpha value is -1.32. The van der Waals surface area contributed by atoms with Crippen molar-refractivity contribution in [1.82, 2.24) is 0 Å². The molecule has 0 atom stereocenters. The van der Waals surface area contributed by atoms with Crippen LogP contribution in [0.5, 0.6) is 5.75 Å². The first-order chi connectivity index (χ1) is 7.31. The average Bonchev–Trinajstić information content (AvgIpc) is 2.28. The molecule has 2 N–H and O–H groups in total. The van der Waals surface area contributed by atoms with Crippen molar-refractivity contribution in [1.29, 1.82) is 0 Å². The number of nitrogens with two attached hydrogens (primary N) is 1. The minimum Gasteiger partial charge on any atom is -0.497 e. The van der Waals surface area contributed by atoms with E-state index in [9.17, 15) is 0 Å². The molecule has 0 saturated heterocycles. The summed E-state index contributed by atoms with van der Waals surface area (Å²) in [4.78, 5) is 0. The Morgan fingerprint density at radius 2 is 2.13 bits per heavy atom. The molecule has 0 aliphatic heterocycles. The molecule has 0 unspecified atom stereocenters. The summed E-state index contributed by atoms with van der Waals surface area (Å²) in [5, 5.41) is 0. The predicted molar refractivity (Wildman–Crippen MR) is 61.8 cm³/mol. The van der Waals surface area contributed by atoms with E-state index in [1.54, 1.807) is 14.2 Å². The fraction of sp³-hybridized carbons (Fsp3) is 0.333. The lowest BCUT2D eigenvalue weighted by atomic mass is 10.1. The third kappa shape index (κ3) is 3.38. The van der Waals surface area contributed by atoms with Crippen LogP contribution in [0.15, 0.2) is 24.3 Å². The molecule has 0 saturated carbocycles. The van der Waals surface area contributed by atoms with E-state index in [-0.39, 0.29) is 0 Å². The summed E-state index contributed by atoms with van der Waals surface area (Å²) in [6.45, 7) is 1.12. The van der Waals surface area contributed by atoms with E-state index in [2.05, 4.69) is 0 Å². The maximum Gasteiger partial charge on any atom is 0.119 e. The summed E-state index contributed by atoms with van der Waals surface area (Å²) < 4.78 is 10.3. The van der Waals surface area contributed by atoms with Gasteiger partial charge < -0.3 is 15.2 Å². The van der Waals surface area contributed by atoms with Crippen LogP contribution in [0, 0.1) is 0 Å². The first-order valence-corrected chi connectivity index (χ1v) is 4.84. The van der Waals surface area contributed by atoms with E-state index < -0.39 is 0 Å². The van der Waals surface area contributed by atoms with Crippen molar-refractivity contribution in [2.45, 2.75) is 6.61 Å². The van der Waals surface area contributed by atoms with Gasteiger partial charge in [-0.05, 0) is 23.3 Å². The molecule has 0 aliphatic carbocycles. The van der Waals surface area contributed by atoms with Gasteiger partial charge in [-0.15, -0.1) is 0 Å². The number of hydrogen-bond acceptors (Lipinski definition) is 3. The highest BCUT2D eigenvalue weighted by atomic mass is 16.5. The van der Waals surface area contributed by atoms with Gasteiger partial charge in [0.05, 0.1) is 13.7 Å². The van der Waals surface area contributed by atoms with Crippen LogP contribution in [-0.4, -0.2) is 20.8 Å². The summed E-state index contributed by atoms with van der Waals surface area (Å²) in [6.07, 6.45) is 3.89. The van der Waals surface area contributed by atoms with Gasteiger partial charge >= 0.3 is 0 Å². The lowest BCUT2D eigenvalue weighted by Gasteiger charge is -2.07. The zero-order valence-corrected chi connectivity index (χ0v) is 9.19. The fourth-order valence-corrected chi connectivity index (χ4v) is 1.34. The van der Waals surface area contributed by atoms with Crippen LogP contribution >= 0.6 is 0 Å². The molecule has 0 aromatic heterocycles. The predicted octanol–water partition coefficient (Wildman–Crippen LogP) is 1.81. The minimum absolute atomic E-state index is 0.531. The number of hydrogen-bond donors (Lipinski definition) is 1. The van der Waals surface area contributed by atoms with Crippen molar-refractivity contribution >= 4 is 6.08 Å². The van der Waals surface area contributed by atoms with E-state index in [1.807, 2.05) is 30.4 Å².